The van der Waals surface area contributed by atoms with Gasteiger partial charge in [-0.15, -0.1) is 69.1 Å². The number of rotatable bonds is 4. The van der Waals surface area contributed by atoms with Crippen LogP contribution in [-0.2, 0) is 18.0 Å². The molecule has 1 heterocycles. The average molecular weight is 772 g/mol. The van der Waals surface area contributed by atoms with E-state index in [1.807, 2.05) is 0 Å². The van der Waals surface area contributed by atoms with E-state index in [1.165, 1.54) is 102 Å². The zero-order valence-corrected chi connectivity index (χ0v) is 32.9. The molecule has 0 radical (unpaired) electrons. The second kappa shape index (κ2) is 14.2. The molecule has 8 aromatic rings. The molecule has 1 nitrogen and oxygen atoms in total. The Morgan fingerprint density at radius 1 is 0.571 bits per heavy atom. The number of hydrogen-bond donors (Lipinski definition) is 1. The van der Waals surface area contributed by atoms with Crippen LogP contribution in [0.25, 0.3) is 65.6 Å². The van der Waals surface area contributed by atoms with Crippen molar-refractivity contribution in [2.24, 2.45) is 0 Å². The summed E-state index contributed by atoms with van der Waals surface area (Å²) in [6.07, 6.45) is 5.44. The molecule has 1 aromatic heterocycles. The van der Waals surface area contributed by atoms with E-state index < -0.39 is 18.0 Å². The van der Waals surface area contributed by atoms with Gasteiger partial charge in [0.15, 0.2) is 0 Å². The largest absolute Gasteiger partial charge is 0.354 e. The van der Waals surface area contributed by atoms with Gasteiger partial charge in [0.05, 0.1) is 5.52 Å². The topological polar surface area (TPSA) is 15.8 Å². The predicted octanol–water partition coefficient (Wildman–Crippen LogP) is 14.0. The van der Waals surface area contributed by atoms with Crippen molar-refractivity contribution < 1.29 is 18.0 Å². The molecule has 1 N–H and O–H groups in total. The van der Waals surface area contributed by atoms with E-state index >= 15 is 0 Å². The molecular formula is C44H39Cl2NSiZr-2. The maximum atomic E-state index is 5.62. The van der Waals surface area contributed by atoms with E-state index in [9.17, 15) is 0 Å². The Labute approximate surface area is 303 Å². The van der Waals surface area contributed by atoms with E-state index in [0.717, 1.165) is 11.8 Å². The van der Waals surface area contributed by atoms with Crippen molar-refractivity contribution in [1.82, 2.24) is 4.98 Å². The molecule has 2 fully saturated rings. The van der Waals surface area contributed by atoms with Gasteiger partial charge in [0, 0.05) is 16.3 Å². The zero-order valence-electron chi connectivity index (χ0n) is 27.9. The average Bonchev–Trinajstić information content (AvgIpc) is 4.04. The molecule has 2 saturated carbocycles. The third kappa shape index (κ3) is 7.06. The fraction of sp³-hybridized carbons (Fsp3) is 0.182. The molecule has 49 heavy (non-hydrogen) atoms. The van der Waals surface area contributed by atoms with Crippen molar-refractivity contribution in [3.05, 3.63) is 145 Å². The van der Waals surface area contributed by atoms with E-state index in [0.29, 0.717) is 0 Å². The normalized spacial score (nSPS) is 14.0. The summed E-state index contributed by atoms with van der Waals surface area (Å²) in [6, 6.07) is 48.8. The van der Waals surface area contributed by atoms with Gasteiger partial charge >= 0.3 is 53.5 Å². The van der Waals surface area contributed by atoms with Crippen LogP contribution in [0.5, 0.6) is 0 Å². The van der Waals surface area contributed by atoms with Crippen molar-refractivity contribution in [3.8, 4) is 22.3 Å². The van der Waals surface area contributed by atoms with Gasteiger partial charge in [0.1, 0.15) is 0 Å². The summed E-state index contributed by atoms with van der Waals surface area (Å²) in [4.78, 5) is 3.65. The SMILES string of the molecule is C[Si](C)=[Zr]([Cl])[Cl].c1cc(-c2cccc3c2[nH]c2ccccc23)c2cc(C3CC3)[cH-]c2c1.c1ccc(-c2cccc3[cH-]c(C4CC4)cc23)cc1. The molecule has 0 atom stereocenters. The molecule has 0 spiro atoms. The number of benzene rings is 5. The summed E-state index contributed by atoms with van der Waals surface area (Å²) < 4.78 is 0. The van der Waals surface area contributed by atoms with Crippen molar-refractivity contribution in [1.29, 1.82) is 0 Å². The number of hydrogen-bond acceptors (Lipinski definition) is 0. The molecule has 244 valence electrons. The summed E-state index contributed by atoms with van der Waals surface area (Å²) in [6.45, 7) is 4.33. The monoisotopic (exact) mass is 769 g/mol. The summed E-state index contributed by atoms with van der Waals surface area (Å²) >= 11 is -1.65. The van der Waals surface area contributed by atoms with E-state index in [-0.39, 0.29) is 5.43 Å². The van der Waals surface area contributed by atoms with E-state index in [2.05, 4.69) is 152 Å². The van der Waals surface area contributed by atoms with Gasteiger partial charge < -0.3 is 4.98 Å². The van der Waals surface area contributed by atoms with E-state index in [1.54, 1.807) is 0 Å². The first-order valence-corrected chi connectivity index (χ1v) is 29.9. The first-order chi connectivity index (χ1) is 23.9. The Hall–Kier alpha value is -3.20. The Morgan fingerprint density at radius 3 is 1.69 bits per heavy atom. The van der Waals surface area contributed by atoms with Crippen LogP contribution < -0.4 is 0 Å². The molecule has 2 aliphatic carbocycles. The van der Waals surface area contributed by atoms with Gasteiger partial charge in [-0.3, -0.25) is 0 Å². The van der Waals surface area contributed by atoms with Crippen LogP contribution >= 0.6 is 17.0 Å². The summed E-state index contributed by atoms with van der Waals surface area (Å²) in [5, 5.41) is 8.15. The number of para-hydroxylation sites is 2. The van der Waals surface area contributed by atoms with Crippen LogP contribution in [-0.4, -0.2) is 10.4 Å². The fourth-order valence-electron chi connectivity index (χ4n) is 7.02. The standard InChI is InChI=1S/C24H18N.C18H15.C2H6Si.2ClH.Zr/c1-2-10-23-19(6-1)21-9-4-8-20(24(21)25-23)18-7-3-5-16-13-17(14-22(16)18)15-11-12-15;1-2-5-14(6-3-1)17-8-4-7-15-11-16(12-18(15)17)13-9-10-13;1-3-2;;;/h1-10,13-15,25H,11-12H2;1-8,11-13H,9-10H2;1-2H3;2*1H;/q2*-1;;;;+2/p-2. The molecule has 5 heteroatoms. The van der Waals surface area contributed by atoms with Crippen molar-refractivity contribution in [3.63, 3.8) is 0 Å². The van der Waals surface area contributed by atoms with Crippen LogP contribution in [0, 0.1) is 0 Å². The smallest absolute Gasteiger partial charge is 0.0536 e. The number of nitrogens with one attached hydrogen (secondary N) is 1. The maximum Gasteiger partial charge on any atom is 0.0536 e. The van der Waals surface area contributed by atoms with Crippen LogP contribution in [0.4, 0.5) is 0 Å². The van der Waals surface area contributed by atoms with Gasteiger partial charge in [-0.1, -0.05) is 90.0 Å². The molecule has 0 amide bonds. The zero-order chi connectivity index (χ0) is 33.5. The Morgan fingerprint density at radius 2 is 1.08 bits per heavy atom. The third-order valence-corrected chi connectivity index (χ3v) is 29.7. The quantitative estimate of drug-likeness (QED) is 0.135. The summed E-state index contributed by atoms with van der Waals surface area (Å²) in [5.41, 5.74) is 10.6. The molecule has 0 unspecified atom stereocenters. The van der Waals surface area contributed by atoms with Gasteiger partial charge in [-0.2, -0.15) is 12.1 Å². The van der Waals surface area contributed by atoms with Crippen LogP contribution in [0.1, 0.15) is 48.6 Å². The Kier molecular flexibility index (Phi) is 9.55. The Bertz CT molecular complexity index is 2440. The van der Waals surface area contributed by atoms with Gasteiger partial charge in [-0.05, 0) is 54.7 Å². The second-order valence-electron chi connectivity index (χ2n) is 13.8. The second-order valence-corrected chi connectivity index (χ2v) is 36.7. The molecule has 7 aromatic carbocycles. The van der Waals surface area contributed by atoms with Crippen molar-refractivity contribution in [2.45, 2.75) is 50.6 Å². The number of H-pyrrole nitrogens is 1. The predicted molar refractivity (Wildman–Crippen MR) is 212 cm³/mol. The van der Waals surface area contributed by atoms with Crippen molar-refractivity contribution in [2.75, 3.05) is 0 Å². The number of halogens is 2. The van der Waals surface area contributed by atoms with Crippen LogP contribution in [0.3, 0.4) is 0 Å². The molecule has 2 aliphatic rings. The fourth-order valence-corrected chi connectivity index (χ4v) is 7.02. The molecule has 0 aliphatic heterocycles. The third-order valence-electron chi connectivity index (χ3n) is 9.94. The van der Waals surface area contributed by atoms with Gasteiger partial charge in [0.2, 0.25) is 0 Å². The van der Waals surface area contributed by atoms with Crippen molar-refractivity contribution >= 4 is 65.8 Å². The minimum absolute atomic E-state index is 0.224. The minimum atomic E-state index is -1.65. The molecule has 10 rings (SSSR count). The first-order valence-electron chi connectivity index (χ1n) is 17.4. The Balaban J connectivity index is 0.000000127. The summed E-state index contributed by atoms with van der Waals surface area (Å²) in [7, 11) is 11.2. The van der Waals surface area contributed by atoms with Gasteiger partial charge in [-0.25, -0.2) is 0 Å². The van der Waals surface area contributed by atoms with Gasteiger partial charge in [0.25, 0.3) is 0 Å². The number of aromatic nitrogens is 1. The maximum absolute atomic E-state index is 5.62. The van der Waals surface area contributed by atoms with Crippen LogP contribution in [0.2, 0.25) is 13.1 Å². The first kappa shape index (κ1) is 33.0. The van der Waals surface area contributed by atoms with Crippen LogP contribution in [0.15, 0.2) is 133 Å². The number of fused-ring (bicyclic) bond motifs is 5. The number of aromatic amines is 1. The molecular weight excluding hydrogens is 733 g/mol. The molecule has 0 saturated heterocycles. The summed E-state index contributed by atoms with van der Waals surface area (Å²) in [5.74, 6) is 1.63. The minimum Gasteiger partial charge on any atom is -0.354 e. The molecule has 0 bridgehead atoms. The van der Waals surface area contributed by atoms with E-state index in [4.69, 9.17) is 17.0 Å².